The van der Waals surface area contributed by atoms with Gasteiger partial charge in [-0.15, -0.1) is 0 Å². The van der Waals surface area contributed by atoms with E-state index in [1.54, 1.807) is 6.08 Å². The highest BCUT2D eigenvalue weighted by Crippen LogP contribution is 2.23. The van der Waals surface area contributed by atoms with E-state index in [-0.39, 0.29) is 12.5 Å². The van der Waals surface area contributed by atoms with Crippen molar-refractivity contribution in [3.05, 3.63) is 122 Å². The lowest BCUT2D eigenvalue weighted by Gasteiger charge is -2.40. The number of rotatable bonds is 51. The number of aliphatic hydroxyl groups is 5. The van der Waals surface area contributed by atoms with E-state index >= 15 is 0 Å². The van der Waals surface area contributed by atoms with Crippen molar-refractivity contribution in [2.45, 2.75) is 281 Å². The normalized spacial score (nSPS) is 19.7. The van der Waals surface area contributed by atoms with Crippen LogP contribution in [0.2, 0.25) is 0 Å². The number of carbonyl (C=O) groups excluding carboxylic acids is 1. The number of aliphatic hydroxyl groups excluding tert-OH is 5. The second kappa shape index (κ2) is 54.9. The molecule has 0 aromatic rings. The third kappa shape index (κ3) is 43.6. The lowest BCUT2D eigenvalue weighted by atomic mass is 9.99. The van der Waals surface area contributed by atoms with E-state index in [0.29, 0.717) is 6.42 Å². The fourth-order valence-corrected chi connectivity index (χ4v) is 8.97. The summed E-state index contributed by atoms with van der Waals surface area (Å²) < 4.78 is 11.2. The molecule has 0 aromatic heterocycles. The van der Waals surface area contributed by atoms with Gasteiger partial charge in [-0.3, -0.25) is 4.79 Å². The standard InChI is InChI=1S/C67H113NO8/c1-3-5-7-9-11-13-15-17-18-19-20-21-22-23-24-25-26-27-28-29-30-31-32-33-34-35-36-37-38-39-40-41-42-43-44-45-47-49-51-53-55-57-63(71)68-60(59-75-67-66(74)65(73)64(72)62(58-69)76-67)61(70)56-54-52-50-48-46-16-14-12-10-8-6-4-2/h5,7,11,13,17-18,20-21,23-24,26-27,29-30,32-33,35-36,54,56,60-62,64-67,69-70,72-74H,3-4,6,8-10,12,14-16,19,22,25,28,31,34,37-53,55,57-59H2,1-2H3,(H,68,71)/b7-5-,13-11-,18-17-,21-20-,24-23-,27-26-,30-29-,33-32-,36-35-,56-54+. The number of hydrogen-bond acceptors (Lipinski definition) is 8. The number of hydrogen-bond donors (Lipinski definition) is 6. The van der Waals surface area contributed by atoms with Crippen molar-refractivity contribution in [2.24, 2.45) is 0 Å². The highest BCUT2D eigenvalue weighted by molar-refractivity contribution is 5.76. The van der Waals surface area contributed by atoms with Crippen LogP contribution in [-0.2, 0) is 14.3 Å². The molecule has 1 aliphatic rings. The van der Waals surface area contributed by atoms with Crippen molar-refractivity contribution in [1.82, 2.24) is 5.32 Å². The van der Waals surface area contributed by atoms with Gasteiger partial charge < -0.3 is 40.3 Å². The average Bonchev–Trinajstić information content (AvgIpc) is 3.42. The second-order valence-corrected chi connectivity index (χ2v) is 20.8. The molecule has 1 amide bonds. The van der Waals surface area contributed by atoms with Crippen molar-refractivity contribution in [2.75, 3.05) is 13.2 Å². The third-order valence-electron chi connectivity index (χ3n) is 13.8. The molecule has 9 heteroatoms. The Bertz CT molecular complexity index is 1610. The van der Waals surface area contributed by atoms with Crippen LogP contribution in [0.1, 0.15) is 239 Å². The molecule has 0 bridgehead atoms. The molecular weight excluding hydrogens is 947 g/mol. The van der Waals surface area contributed by atoms with Crippen LogP contribution >= 0.6 is 0 Å². The molecular formula is C67H113NO8. The maximum absolute atomic E-state index is 13.0. The van der Waals surface area contributed by atoms with E-state index in [1.807, 2.05) is 6.08 Å². The Balaban J connectivity index is 2.10. The molecule has 6 N–H and O–H groups in total. The third-order valence-corrected chi connectivity index (χ3v) is 13.8. The Hall–Kier alpha value is -3.41. The summed E-state index contributed by atoms with van der Waals surface area (Å²) >= 11 is 0. The molecule has 0 aromatic carbocycles. The van der Waals surface area contributed by atoms with Crippen LogP contribution in [0.3, 0.4) is 0 Å². The Morgan fingerprint density at radius 2 is 0.816 bits per heavy atom. The van der Waals surface area contributed by atoms with Crippen molar-refractivity contribution in [1.29, 1.82) is 0 Å². The molecule has 0 spiro atoms. The van der Waals surface area contributed by atoms with Gasteiger partial charge in [0.1, 0.15) is 24.4 Å². The SMILES string of the molecule is CC/C=C\C/C=C\C/C=C\C/C=C\C/C=C\C/C=C\C/C=C\C/C=C\C/C=C\CCCCCCCCCCCCCCCC(=O)NC(COC1OC(CO)C(O)C(O)C1O)C(O)/C=C/CCCCCCCCCCCC. The Kier molecular flexibility index (Phi) is 51.0. The van der Waals surface area contributed by atoms with Gasteiger partial charge in [-0.05, 0) is 89.9 Å². The van der Waals surface area contributed by atoms with Crippen LogP contribution < -0.4 is 5.32 Å². The lowest BCUT2D eigenvalue weighted by Crippen LogP contribution is -2.60. The first-order valence-electron chi connectivity index (χ1n) is 30.8. The molecule has 76 heavy (non-hydrogen) atoms. The molecule has 1 saturated heterocycles. The van der Waals surface area contributed by atoms with Crippen molar-refractivity contribution >= 4 is 5.91 Å². The summed E-state index contributed by atoms with van der Waals surface area (Å²) in [7, 11) is 0. The van der Waals surface area contributed by atoms with Crippen LogP contribution in [0, 0.1) is 0 Å². The number of unbranched alkanes of at least 4 members (excludes halogenated alkanes) is 23. The maximum atomic E-state index is 13.0. The minimum absolute atomic E-state index is 0.183. The monoisotopic (exact) mass is 1060 g/mol. The zero-order valence-corrected chi connectivity index (χ0v) is 48.2. The van der Waals surface area contributed by atoms with Crippen LogP contribution in [0.15, 0.2) is 122 Å². The van der Waals surface area contributed by atoms with Crippen LogP contribution in [0.25, 0.3) is 0 Å². The predicted octanol–water partition coefficient (Wildman–Crippen LogP) is 15.9. The topological polar surface area (TPSA) is 149 Å². The summed E-state index contributed by atoms with van der Waals surface area (Å²) in [5.74, 6) is -0.183. The number of ether oxygens (including phenoxy) is 2. The predicted molar refractivity (Wildman–Crippen MR) is 322 cm³/mol. The van der Waals surface area contributed by atoms with Crippen LogP contribution in [-0.4, -0.2) is 87.5 Å². The average molecular weight is 1060 g/mol. The van der Waals surface area contributed by atoms with Gasteiger partial charge in [0.15, 0.2) is 6.29 Å². The molecule has 7 atom stereocenters. The largest absolute Gasteiger partial charge is 0.394 e. The summed E-state index contributed by atoms with van der Waals surface area (Å²) in [6.07, 6.45) is 75.7. The molecule has 1 fully saturated rings. The highest BCUT2D eigenvalue weighted by atomic mass is 16.7. The van der Waals surface area contributed by atoms with Gasteiger partial charge in [0, 0.05) is 6.42 Å². The van der Waals surface area contributed by atoms with Gasteiger partial charge in [-0.2, -0.15) is 0 Å². The first kappa shape index (κ1) is 70.6. The van der Waals surface area contributed by atoms with E-state index < -0.39 is 49.5 Å². The van der Waals surface area contributed by atoms with Crippen LogP contribution in [0.4, 0.5) is 0 Å². The molecule has 7 unspecified atom stereocenters. The van der Waals surface area contributed by atoms with E-state index in [0.717, 1.165) is 96.3 Å². The second-order valence-electron chi connectivity index (χ2n) is 20.8. The van der Waals surface area contributed by atoms with Gasteiger partial charge in [-0.1, -0.05) is 264 Å². The molecule has 434 valence electrons. The van der Waals surface area contributed by atoms with Gasteiger partial charge in [0.2, 0.25) is 5.91 Å². The van der Waals surface area contributed by atoms with Gasteiger partial charge in [-0.25, -0.2) is 0 Å². The summed E-state index contributed by atoms with van der Waals surface area (Å²) in [5, 5.41) is 54.4. The number of amides is 1. The van der Waals surface area contributed by atoms with Crippen molar-refractivity contribution in [3.63, 3.8) is 0 Å². The minimum Gasteiger partial charge on any atom is -0.394 e. The number of carbonyl (C=O) groups is 1. The molecule has 1 aliphatic heterocycles. The zero-order valence-electron chi connectivity index (χ0n) is 48.2. The van der Waals surface area contributed by atoms with E-state index in [9.17, 15) is 30.3 Å². The summed E-state index contributed by atoms with van der Waals surface area (Å²) in [4.78, 5) is 13.0. The zero-order chi connectivity index (χ0) is 55.0. The highest BCUT2D eigenvalue weighted by Gasteiger charge is 2.44. The number of nitrogens with one attached hydrogen (secondary N) is 1. The van der Waals surface area contributed by atoms with Gasteiger partial charge in [0.05, 0.1) is 25.4 Å². The summed E-state index contributed by atoms with van der Waals surface area (Å²) in [6, 6.07) is -0.811. The molecule has 0 radical (unpaired) electrons. The minimum atomic E-state index is -1.57. The van der Waals surface area contributed by atoms with Gasteiger partial charge >= 0.3 is 0 Å². The summed E-state index contributed by atoms with van der Waals surface area (Å²) in [6.45, 7) is 3.64. The van der Waals surface area contributed by atoms with Crippen molar-refractivity contribution in [3.8, 4) is 0 Å². The van der Waals surface area contributed by atoms with Crippen molar-refractivity contribution < 1.29 is 39.8 Å². The smallest absolute Gasteiger partial charge is 0.220 e. The van der Waals surface area contributed by atoms with Crippen LogP contribution in [0.5, 0.6) is 0 Å². The molecule has 1 rings (SSSR count). The fraction of sp³-hybridized carbons (Fsp3) is 0.687. The maximum Gasteiger partial charge on any atom is 0.220 e. The fourth-order valence-electron chi connectivity index (χ4n) is 8.97. The Morgan fingerprint density at radius 3 is 1.21 bits per heavy atom. The molecule has 0 aliphatic carbocycles. The Labute approximate surface area is 465 Å². The van der Waals surface area contributed by atoms with E-state index in [1.165, 1.54) is 122 Å². The lowest BCUT2D eigenvalue weighted by molar-refractivity contribution is -0.302. The molecule has 9 nitrogen and oxygen atoms in total. The quantitative estimate of drug-likeness (QED) is 0.0261. The van der Waals surface area contributed by atoms with E-state index in [2.05, 4.69) is 129 Å². The Morgan fingerprint density at radius 1 is 0.461 bits per heavy atom. The first-order valence-corrected chi connectivity index (χ1v) is 30.8. The number of allylic oxidation sites excluding steroid dienone is 19. The van der Waals surface area contributed by atoms with Gasteiger partial charge in [0.25, 0.3) is 0 Å². The summed E-state index contributed by atoms with van der Waals surface area (Å²) in [5.41, 5.74) is 0. The molecule has 1 heterocycles. The first-order chi connectivity index (χ1) is 37.3. The van der Waals surface area contributed by atoms with E-state index in [4.69, 9.17) is 9.47 Å². The molecule has 0 saturated carbocycles.